The molecule has 10 aromatic rings. The summed E-state index contributed by atoms with van der Waals surface area (Å²) >= 11 is 1.88. The fourth-order valence-electron chi connectivity index (χ4n) is 8.85. The highest BCUT2D eigenvalue weighted by atomic mass is 32.1. The number of nitrogens with zero attached hydrogens (tertiary/aromatic N) is 1. The first kappa shape index (κ1) is 32.7. The highest BCUT2D eigenvalue weighted by Crippen LogP contribution is 2.47. The van der Waals surface area contributed by atoms with Crippen molar-refractivity contribution < 1.29 is 4.42 Å². The number of allylic oxidation sites excluding steroid dienone is 4. The van der Waals surface area contributed by atoms with Gasteiger partial charge in [-0.25, -0.2) is 0 Å². The van der Waals surface area contributed by atoms with Crippen molar-refractivity contribution in [2.45, 2.75) is 18.8 Å². The molecule has 0 saturated carbocycles. The van der Waals surface area contributed by atoms with Crippen LogP contribution in [0.1, 0.15) is 18.9 Å². The lowest BCUT2D eigenvalue weighted by molar-refractivity contribution is 0.550. The molecule has 266 valence electrons. The van der Waals surface area contributed by atoms with Crippen LogP contribution >= 0.6 is 11.3 Å². The minimum absolute atomic E-state index is 0.293. The van der Waals surface area contributed by atoms with Crippen LogP contribution in [0, 0.1) is 0 Å². The molecule has 2 aromatic heterocycles. The molecule has 56 heavy (non-hydrogen) atoms. The van der Waals surface area contributed by atoms with Crippen molar-refractivity contribution in [3.8, 4) is 22.3 Å². The monoisotopic (exact) mass is 735 g/mol. The van der Waals surface area contributed by atoms with Gasteiger partial charge in [0.05, 0.1) is 0 Å². The SMILES string of the molecule is CC1(c2ccc3ccccc3c2)CC=CC=C1N(c1ccc(-c2cccc3c2oc2ccccc23)cc1)c1cccc(-c2cccc3c2sc2ccccc23)c1. The van der Waals surface area contributed by atoms with Crippen molar-refractivity contribution in [2.24, 2.45) is 0 Å². The van der Waals surface area contributed by atoms with Crippen LogP contribution in [0.4, 0.5) is 11.4 Å². The molecule has 0 N–H and O–H groups in total. The van der Waals surface area contributed by atoms with E-state index < -0.39 is 0 Å². The van der Waals surface area contributed by atoms with E-state index in [1.165, 1.54) is 53.3 Å². The fraction of sp³-hybridized carbons (Fsp3) is 0.0566. The van der Waals surface area contributed by atoms with Gasteiger partial charge in [0, 0.05) is 59.0 Å². The number of hydrogen-bond acceptors (Lipinski definition) is 3. The quantitative estimate of drug-likeness (QED) is 0.169. The lowest BCUT2D eigenvalue weighted by Gasteiger charge is -2.41. The van der Waals surface area contributed by atoms with E-state index in [-0.39, 0.29) is 5.41 Å². The number of rotatable bonds is 6. The van der Waals surface area contributed by atoms with Crippen molar-refractivity contribution in [2.75, 3.05) is 4.90 Å². The zero-order valence-corrected chi connectivity index (χ0v) is 31.8. The van der Waals surface area contributed by atoms with Crippen LogP contribution in [-0.2, 0) is 5.41 Å². The summed E-state index contributed by atoms with van der Waals surface area (Å²) in [5.74, 6) is 0. The minimum Gasteiger partial charge on any atom is -0.455 e. The molecule has 1 aliphatic rings. The number of thiophene rings is 1. The van der Waals surface area contributed by atoms with Crippen LogP contribution in [0.25, 0.3) is 75.1 Å². The summed E-state index contributed by atoms with van der Waals surface area (Å²) in [6, 6.07) is 64.1. The molecule has 0 radical (unpaired) electrons. The van der Waals surface area contributed by atoms with Gasteiger partial charge in [-0.05, 0) is 88.8 Å². The van der Waals surface area contributed by atoms with Crippen LogP contribution < -0.4 is 4.90 Å². The first-order chi connectivity index (χ1) is 27.6. The van der Waals surface area contributed by atoms with E-state index in [1.54, 1.807) is 0 Å². The Morgan fingerprint density at radius 1 is 0.554 bits per heavy atom. The molecule has 8 aromatic carbocycles. The van der Waals surface area contributed by atoms with E-state index >= 15 is 0 Å². The predicted octanol–water partition coefficient (Wildman–Crippen LogP) is 15.4. The average Bonchev–Trinajstić information content (AvgIpc) is 3.84. The zero-order chi connectivity index (χ0) is 37.2. The summed E-state index contributed by atoms with van der Waals surface area (Å²) in [6.07, 6.45) is 7.75. The number of fused-ring (bicyclic) bond motifs is 7. The lowest BCUT2D eigenvalue weighted by Crippen LogP contribution is -2.35. The smallest absolute Gasteiger partial charge is 0.143 e. The molecule has 0 aliphatic heterocycles. The Morgan fingerprint density at radius 2 is 1.29 bits per heavy atom. The van der Waals surface area contributed by atoms with Gasteiger partial charge >= 0.3 is 0 Å². The average molecular weight is 736 g/mol. The van der Waals surface area contributed by atoms with Crippen LogP contribution in [0.3, 0.4) is 0 Å². The Bertz CT molecular complexity index is 3200. The van der Waals surface area contributed by atoms with E-state index in [4.69, 9.17) is 4.42 Å². The molecule has 11 rings (SSSR count). The van der Waals surface area contributed by atoms with Crippen LogP contribution in [-0.4, -0.2) is 0 Å². The van der Waals surface area contributed by atoms with Crippen molar-refractivity contribution in [1.82, 2.24) is 0 Å². The first-order valence-electron chi connectivity index (χ1n) is 19.3. The van der Waals surface area contributed by atoms with Crippen molar-refractivity contribution >= 4 is 75.6 Å². The topological polar surface area (TPSA) is 16.4 Å². The van der Waals surface area contributed by atoms with Crippen LogP contribution in [0.2, 0.25) is 0 Å². The molecule has 0 bridgehead atoms. The van der Waals surface area contributed by atoms with Crippen LogP contribution in [0.15, 0.2) is 204 Å². The molecule has 0 fully saturated rings. The molecular formula is C53H37NOS. The molecule has 2 nitrogen and oxygen atoms in total. The highest BCUT2D eigenvalue weighted by Gasteiger charge is 2.36. The molecule has 1 aliphatic carbocycles. The van der Waals surface area contributed by atoms with Gasteiger partial charge in [0.1, 0.15) is 11.2 Å². The third-order valence-electron chi connectivity index (χ3n) is 11.8. The number of hydrogen-bond donors (Lipinski definition) is 0. The van der Waals surface area contributed by atoms with Crippen LogP contribution in [0.5, 0.6) is 0 Å². The summed E-state index contributed by atoms with van der Waals surface area (Å²) < 4.78 is 9.10. The predicted molar refractivity (Wildman–Crippen MR) is 239 cm³/mol. The third kappa shape index (κ3) is 5.23. The second-order valence-corrected chi connectivity index (χ2v) is 16.1. The Morgan fingerprint density at radius 3 is 2.18 bits per heavy atom. The summed E-state index contributed by atoms with van der Waals surface area (Å²) in [4.78, 5) is 2.48. The maximum Gasteiger partial charge on any atom is 0.143 e. The van der Waals surface area contributed by atoms with Crippen molar-refractivity contribution in [3.05, 3.63) is 205 Å². The van der Waals surface area contributed by atoms with E-state index in [0.717, 1.165) is 50.9 Å². The van der Waals surface area contributed by atoms with Gasteiger partial charge in [-0.1, -0.05) is 152 Å². The molecule has 0 spiro atoms. The maximum atomic E-state index is 6.47. The summed E-state index contributed by atoms with van der Waals surface area (Å²) in [6.45, 7) is 2.40. The maximum absolute atomic E-state index is 6.47. The largest absolute Gasteiger partial charge is 0.455 e. The Hall–Kier alpha value is -6.68. The molecule has 2 heterocycles. The van der Waals surface area contributed by atoms with E-state index in [0.29, 0.717) is 0 Å². The van der Waals surface area contributed by atoms with Gasteiger partial charge in [-0.15, -0.1) is 11.3 Å². The number of benzene rings is 8. The van der Waals surface area contributed by atoms with Crippen molar-refractivity contribution in [1.29, 1.82) is 0 Å². The second kappa shape index (κ2) is 13.0. The van der Waals surface area contributed by atoms with Gasteiger partial charge in [0.15, 0.2) is 0 Å². The van der Waals surface area contributed by atoms with E-state index in [2.05, 4.69) is 194 Å². The number of anilines is 2. The Labute approximate surface area is 329 Å². The molecule has 1 atom stereocenters. The van der Waals surface area contributed by atoms with E-state index in [1.807, 2.05) is 23.5 Å². The summed E-state index contributed by atoms with van der Waals surface area (Å²) in [5, 5.41) is 7.42. The van der Waals surface area contributed by atoms with Gasteiger partial charge in [-0.2, -0.15) is 0 Å². The summed E-state index contributed by atoms with van der Waals surface area (Å²) in [7, 11) is 0. The van der Waals surface area contributed by atoms with Gasteiger partial charge in [0.2, 0.25) is 0 Å². The standard InChI is InChI=1S/C53H37NOS/c1-53(39-29-26-35-13-2-3-14-37(35)33-39)32-9-8-25-50(53)54(40-30-27-36(28-31-40)42-19-11-21-46-44-17-4-6-23-48(44)55-51(42)46)41-16-10-15-38(34-41)43-20-12-22-47-45-18-5-7-24-49(45)56-52(43)47/h2-31,33-34H,32H2,1H3. The van der Waals surface area contributed by atoms with E-state index in [9.17, 15) is 0 Å². The highest BCUT2D eigenvalue weighted by molar-refractivity contribution is 7.26. The molecule has 0 saturated heterocycles. The second-order valence-electron chi connectivity index (χ2n) is 15.1. The van der Waals surface area contributed by atoms with Crippen molar-refractivity contribution in [3.63, 3.8) is 0 Å². The molecular weight excluding hydrogens is 699 g/mol. The molecule has 3 heteroatoms. The van der Waals surface area contributed by atoms with Gasteiger partial charge < -0.3 is 9.32 Å². The Balaban J connectivity index is 1.08. The molecule has 0 amide bonds. The zero-order valence-electron chi connectivity index (χ0n) is 30.9. The molecule has 1 unspecified atom stereocenters. The number of para-hydroxylation sites is 2. The normalized spacial score (nSPS) is 15.6. The van der Waals surface area contributed by atoms with Gasteiger partial charge in [-0.3, -0.25) is 0 Å². The Kier molecular flexibility index (Phi) is 7.58. The number of furan rings is 1. The first-order valence-corrected chi connectivity index (χ1v) is 20.1. The minimum atomic E-state index is -0.293. The fourth-order valence-corrected chi connectivity index (χ4v) is 10.1. The summed E-state index contributed by atoms with van der Waals surface area (Å²) in [5.41, 5.74) is 11.0. The third-order valence-corrected chi connectivity index (χ3v) is 13.0. The van der Waals surface area contributed by atoms with Gasteiger partial charge in [0.25, 0.3) is 0 Å². The lowest BCUT2D eigenvalue weighted by atomic mass is 9.73.